The van der Waals surface area contributed by atoms with Gasteiger partial charge in [-0.15, -0.1) is 0 Å². The van der Waals surface area contributed by atoms with Gasteiger partial charge in [0.15, 0.2) is 0 Å². The summed E-state index contributed by atoms with van der Waals surface area (Å²) in [7, 11) is 0. The van der Waals surface area contributed by atoms with Crippen LogP contribution in [0.2, 0.25) is 0 Å². The minimum Gasteiger partial charge on any atom is -0.494 e. The van der Waals surface area contributed by atoms with Crippen molar-refractivity contribution in [2.75, 3.05) is 6.61 Å². The van der Waals surface area contributed by atoms with E-state index in [-0.39, 0.29) is 5.41 Å². The van der Waals surface area contributed by atoms with Crippen molar-refractivity contribution in [3.05, 3.63) is 41.5 Å². The van der Waals surface area contributed by atoms with Crippen LogP contribution in [-0.2, 0) is 5.41 Å². The maximum Gasteiger partial charge on any atom is 0.123 e. The van der Waals surface area contributed by atoms with Crippen LogP contribution in [0.3, 0.4) is 0 Å². The van der Waals surface area contributed by atoms with Gasteiger partial charge in [0, 0.05) is 0 Å². The number of rotatable bonds is 5. The predicted octanol–water partition coefficient (Wildman–Crippen LogP) is 5.45. The molecule has 0 aliphatic heterocycles. The Bertz CT molecular complexity index is 424. The van der Waals surface area contributed by atoms with Gasteiger partial charge in [-0.2, -0.15) is 0 Å². The van der Waals surface area contributed by atoms with Crippen molar-refractivity contribution in [3.63, 3.8) is 0 Å². The molecule has 0 aliphatic rings. The van der Waals surface area contributed by atoms with Gasteiger partial charge in [-0.3, -0.25) is 0 Å². The van der Waals surface area contributed by atoms with Crippen molar-refractivity contribution in [3.8, 4) is 5.75 Å². The largest absolute Gasteiger partial charge is 0.494 e. The lowest BCUT2D eigenvalue weighted by atomic mass is 9.83. The first kappa shape index (κ1) is 15.8. The zero-order valence-electron chi connectivity index (χ0n) is 13.3. The quantitative estimate of drug-likeness (QED) is 0.639. The molecule has 0 N–H and O–H groups in total. The third kappa shape index (κ3) is 4.41. The van der Waals surface area contributed by atoms with E-state index in [9.17, 15) is 0 Å². The van der Waals surface area contributed by atoms with Crippen molar-refractivity contribution >= 4 is 0 Å². The highest BCUT2D eigenvalue weighted by Gasteiger charge is 2.20. The first-order valence-corrected chi connectivity index (χ1v) is 7.28. The van der Waals surface area contributed by atoms with Gasteiger partial charge < -0.3 is 4.74 Å². The first-order valence-electron chi connectivity index (χ1n) is 7.28. The van der Waals surface area contributed by atoms with Crippen molar-refractivity contribution in [1.82, 2.24) is 0 Å². The number of allylic oxidation sites excluding steroid dienone is 2. The summed E-state index contributed by atoms with van der Waals surface area (Å²) in [6.07, 6.45) is 5.45. The summed E-state index contributed by atoms with van der Waals surface area (Å²) < 4.78 is 5.77. The standard InChI is InChI=1S/C18H28O/c1-7-9-10-14(3)15-11-12-17(19-8-2)16(13-15)18(4,5)6/h7,9,11-14H,8,10H2,1-6H3/b9-7-. The molecule has 1 atom stereocenters. The summed E-state index contributed by atoms with van der Waals surface area (Å²) in [6, 6.07) is 6.65. The summed E-state index contributed by atoms with van der Waals surface area (Å²) in [4.78, 5) is 0. The maximum atomic E-state index is 5.77. The molecule has 0 aromatic heterocycles. The highest BCUT2D eigenvalue weighted by atomic mass is 16.5. The number of hydrogen-bond donors (Lipinski definition) is 0. The van der Waals surface area contributed by atoms with Crippen LogP contribution in [0.1, 0.15) is 65.0 Å². The molecular weight excluding hydrogens is 232 g/mol. The summed E-state index contributed by atoms with van der Waals surface area (Å²) in [5.41, 5.74) is 2.81. The van der Waals surface area contributed by atoms with Crippen LogP contribution in [-0.4, -0.2) is 6.61 Å². The third-order valence-corrected chi connectivity index (χ3v) is 3.41. The molecule has 1 nitrogen and oxygen atoms in total. The van der Waals surface area contributed by atoms with Crippen molar-refractivity contribution < 1.29 is 4.74 Å². The second kappa shape index (κ2) is 6.79. The van der Waals surface area contributed by atoms with Crippen LogP contribution >= 0.6 is 0 Å². The average Bonchev–Trinajstić information content (AvgIpc) is 2.35. The molecule has 0 spiro atoms. The van der Waals surface area contributed by atoms with Crippen LogP contribution in [0.25, 0.3) is 0 Å². The highest BCUT2D eigenvalue weighted by Crippen LogP contribution is 2.34. The molecule has 0 aliphatic carbocycles. The van der Waals surface area contributed by atoms with Gasteiger partial charge >= 0.3 is 0 Å². The third-order valence-electron chi connectivity index (χ3n) is 3.41. The van der Waals surface area contributed by atoms with Crippen LogP contribution in [0, 0.1) is 0 Å². The second-order valence-electron chi connectivity index (χ2n) is 6.14. The van der Waals surface area contributed by atoms with E-state index in [1.165, 1.54) is 11.1 Å². The van der Waals surface area contributed by atoms with Crippen LogP contribution in [0.5, 0.6) is 5.75 Å². The Morgan fingerprint density at radius 2 is 1.95 bits per heavy atom. The first-order chi connectivity index (χ1) is 8.90. The highest BCUT2D eigenvalue weighted by molar-refractivity contribution is 5.42. The summed E-state index contributed by atoms with van der Waals surface area (Å²) in [5.74, 6) is 1.57. The minimum atomic E-state index is 0.112. The fourth-order valence-electron chi connectivity index (χ4n) is 2.20. The molecule has 1 unspecified atom stereocenters. The second-order valence-corrected chi connectivity index (χ2v) is 6.14. The van der Waals surface area contributed by atoms with Gasteiger partial charge in [0.25, 0.3) is 0 Å². The van der Waals surface area contributed by atoms with E-state index in [4.69, 9.17) is 4.74 Å². The Morgan fingerprint density at radius 3 is 2.47 bits per heavy atom. The fraction of sp³-hybridized carbons (Fsp3) is 0.556. The van der Waals surface area contributed by atoms with E-state index in [0.717, 1.165) is 18.8 Å². The van der Waals surface area contributed by atoms with Gasteiger partial charge in [-0.25, -0.2) is 0 Å². The van der Waals surface area contributed by atoms with Crippen LogP contribution < -0.4 is 4.74 Å². The zero-order valence-corrected chi connectivity index (χ0v) is 13.3. The fourth-order valence-corrected chi connectivity index (χ4v) is 2.20. The SMILES string of the molecule is C/C=C\CC(C)c1ccc(OCC)c(C(C)(C)C)c1. The normalized spacial score (nSPS) is 13.8. The summed E-state index contributed by atoms with van der Waals surface area (Å²) >= 11 is 0. The van der Waals surface area contributed by atoms with Crippen molar-refractivity contribution in [2.24, 2.45) is 0 Å². The molecule has 0 amide bonds. The van der Waals surface area contributed by atoms with Gasteiger partial charge in [0.1, 0.15) is 5.75 Å². The predicted molar refractivity (Wildman–Crippen MR) is 84.2 cm³/mol. The molecule has 0 radical (unpaired) electrons. The lowest BCUT2D eigenvalue weighted by Gasteiger charge is -2.24. The van der Waals surface area contributed by atoms with E-state index in [1.807, 2.05) is 6.92 Å². The topological polar surface area (TPSA) is 9.23 Å². The van der Waals surface area contributed by atoms with E-state index >= 15 is 0 Å². The van der Waals surface area contributed by atoms with Crippen LogP contribution in [0.15, 0.2) is 30.4 Å². The Balaban J connectivity index is 3.10. The van der Waals surface area contributed by atoms with Gasteiger partial charge in [0.2, 0.25) is 0 Å². The molecule has 0 saturated heterocycles. The van der Waals surface area contributed by atoms with E-state index in [0.29, 0.717) is 5.92 Å². The van der Waals surface area contributed by atoms with Gasteiger partial charge in [-0.05, 0) is 48.8 Å². The van der Waals surface area contributed by atoms with E-state index in [2.05, 4.69) is 65.0 Å². The molecule has 0 bridgehead atoms. The number of benzene rings is 1. The van der Waals surface area contributed by atoms with Gasteiger partial charge in [0.05, 0.1) is 6.61 Å². The van der Waals surface area contributed by atoms with E-state index in [1.54, 1.807) is 0 Å². The van der Waals surface area contributed by atoms with Crippen molar-refractivity contribution in [2.45, 2.75) is 59.3 Å². The average molecular weight is 260 g/mol. The summed E-state index contributed by atoms with van der Waals surface area (Å²) in [6.45, 7) is 13.8. The lowest BCUT2D eigenvalue weighted by Crippen LogP contribution is -2.14. The molecule has 106 valence electrons. The minimum absolute atomic E-state index is 0.112. The zero-order chi connectivity index (χ0) is 14.5. The maximum absolute atomic E-state index is 5.77. The molecule has 0 fully saturated rings. The molecule has 0 saturated carbocycles. The molecule has 19 heavy (non-hydrogen) atoms. The Hall–Kier alpha value is -1.24. The van der Waals surface area contributed by atoms with Crippen molar-refractivity contribution in [1.29, 1.82) is 0 Å². The summed E-state index contributed by atoms with van der Waals surface area (Å²) in [5, 5.41) is 0. The monoisotopic (exact) mass is 260 g/mol. The number of hydrogen-bond acceptors (Lipinski definition) is 1. The molecule has 1 aromatic carbocycles. The van der Waals surface area contributed by atoms with E-state index < -0.39 is 0 Å². The Labute approximate surface area is 118 Å². The Morgan fingerprint density at radius 1 is 1.26 bits per heavy atom. The molecule has 1 heteroatoms. The number of ether oxygens (including phenoxy) is 1. The van der Waals surface area contributed by atoms with Crippen LogP contribution in [0.4, 0.5) is 0 Å². The molecular formula is C18H28O. The molecule has 1 rings (SSSR count). The lowest BCUT2D eigenvalue weighted by molar-refractivity contribution is 0.329. The molecule has 0 heterocycles. The Kier molecular flexibility index (Phi) is 5.65. The van der Waals surface area contributed by atoms with Gasteiger partial charge in [-0.1, -0.05) is 52.0 Å². The molecule has 1 aromatic rings. The smallest absolute Gasteiger partial charge is 0.123 e.